The molecule has 0 aromatic rings. The maximum absolute atomic E-state index is 12.0. The Morgan fingerprint density at radius 2 is 2.19 bits per heavy atom. The fourth-order valence-electron chi connectivity index (χ4n) is 1.74. The predicted molar refractivity (Wildman–Crippen MR) is 64.6 cm³/mol. The van der Waals surface area contributed by atoms with Gasteiger partial charge >= 0.3 is 0 Å². The summed E-state index contributed by atoms with van der Waals surface area (Å²) < 4.78 is 30.8. The number of ether oxygens (including phenoxy) is 1. The van der Waals surface area contributed by atoms with E-state index in [1.54, 1.807) is 0 Å². The fourth-order valence-corrected chi connectivity index (χ4v) is 3.74. The van der Waals surface area contributed by atoms with Gasteiger partial charge in [-0.1, -0.05) is 12.2 Å². The van der Waals surface area contributed by atoms with E-state index in [2.05, 4.69) is 0 Å². The lowest BCUT2D eigenvalue weighted by molar-refractivity contribution is 0.0386. The van der Waals surface area contributed by atoms with Gasteiger partial charge in [0.2, 0.25) is 10.0 Å². The Morgan fingerprint density at radius 1 is 1.50 bits per heavy atom. The van der Waals surface area contributed by atoms with E-state index in [1.807, 2.05) is 0 Å². The Bertz CT molecular complexity index is 378. The highest BCUT2D eigenvalue weighted by Gasteiger charge is 2.35. The smallest absolute Gasteiger partial charge is 0.214 e. The molecule has 0 radical (unpaired) electrons. The summed E-state index contributed by atoms with van der Waals surface area (Å²) in [6.45, 7) is 1.05. The third-order valence-electron chi connectivity index (χ3n) is 2.88. The van der Waals surface area contributed by atoms with Crippen LogP contribution in [0.25, 0.3) is 0 Å². The molecule has 0 aromatic carbocycles. The van der Waals surface area contributed by atoms with E-state index < -0.39 is 16.1 Å². The summed E-state index contributed by atoms with van der Waals surface area (Å²) in [6.07, 6.45) is 1.63. The SMILES string of the molecule is NC(=S)C1CN(S(=O)(=O)CC2CC2)CCO1. The monoisotopic (exact) mass is 264 g/mol. The first kappa shape index (κ1) is 12.2. The molecule has 0 spiro atoms. The lowest BCUT2D eigenvalue weighted by Gasteiger charge is -2.31. The summed E-state index contributed by atoms with van der Waals surface area (Å²) in [5.74, 6) is 0.618. The van der Waals surface area contributed by atoms with Crippen molar-refractivity contribution in [3.63, 3.8) is 0 Å². The number of rotatable bonds is 4. The third kappa shape index (κ3) is 2.91. The number of nitrogens with zero attached hydrogens (tertiary/aromatic N) is 1. The lowest BCUT2D eigenvalue weighted by atomic mass is 10.3. The van der Waals surface area contributed by atoms with Gasteiger partial charge in [0, 0.05) is 13.1 Å². The predicted octanol–water partition coefficient (Wildman–Crippen LogP) is -0.287. The molecule has 0 bridgehead atoms. The zero-order chi connectivity index (χ0) is 11.8. The highest BCUT2D eigenvalue weighted by molar-refractivity contribution is 7.89. The van der Waals surface area contributed by atoms with Crippen LogP contribution in [0.2, 0.25) is 0 Å². The molecule has 92 valence electrons. The van der Waals surface area contributed by atoms with E-state index >= 15 is 0 Å². The maximum atomic E-state index is 12.0. The standard InChI is InChI=1S/C9H16N2O3S2/c10-9(15)8-5-11(3-4-14-8)16(12,13)6-7-1-2-7/h7-8H,1-6H2,(H2,10,15). The molecule has 1 aliphatic carbocycles. The van der Waals surface area contributed by atoms with Gasteiger partial charge in [0.05, 0.1) is 12.4 Å². The van der Waals surface area contributed by atoms with Crippen LogP contribution in [-0.2, 0) is 14.8 Å². The first-order valence-corrected chi connectivity index (χ1v) is 7.39. The van der Waals surface area contributed by atoms with Crippen molar-refractivity contribution in [1.82, 2.24) is 4.31 Å². The van der Waals surface area contributed by atoms with Crippen LogP contribution < -0.4 is 5.73 Å². The molecule has 1 unspecified atom stereocenters. The van der Waals surface area contributed by atoms with Crippen molar-refractivity contribution in [2.45, 2.75) is 18.9 Å². The second-order valence-corrected chi connectivity index (χ2v) is 6.83. The Hall–Kier alpha value is -0.240. The van der Waals surface area contributed by atoms with Gasteiger partial charge in [-0.2, -0.15) is 4.31 Å². The van der Waals surface area contributed by atoms with Crippen LogP contribution >= 0.6 is 12.2 Å². The molecule has 1 aliphatic heterocycles. The van der Waals surface area contributed by atoms with E-state index in [0.717, 1.165) is 12.8 Å². The molecule has 5 nitrogen and oxygen atoms in total. The van der Waals surface area contributed by atoms with Crippen molar-refractivity contribution in [3.8, 4) is 0 Å². The molecule has 2 rings (SSSR count). The van der Waals surface area contributed by atoms with Crippen LogP contribution in [0.4, 0.5) is 0 Å². The molecule has 2 aliphatic rings. The summed E-state index contributed by atoms with van der Waals surface area (Å²) in [5.41, 5.74) is 5.47. The number of hydrogen-bond donors (Lipinski definition) is 1. The van der Waals surface area contributed by atoms with E-state index in [4.69, 9.17) is 22.7 Å². The molecule has 1 saturated heterocycles. The minimum absolute atomic E-state index is 0.228. The second kappa shape index (κ2) is 4.56. The van der Waals surface area contributed by atoms with Gasteiger partial charge in [0.15, 0.2) is 0 Å². The van der Waals surface area contributed by atoms with Crippen molar-refractivity contribution in [2.75, 3.05) is 25.4 Å². The topological polar surface area (TPSA) is 72.6 Å². The largest absolute Gasteiger partial charge is 0.391 e. The summed E-state index contributed by atoms with van der Waals surface area (Å²) in [5, 5.41) is 0. The van der Waals surface area contributed by atoms with Crippen LogP contribution in [0.3, 0.4) is 0 Å². The summed E-state index contributed by atoms with van der Waals surface area (Å²) in [7, 11) is -3.15. The molecule has 2 fully saturated rings. The van der Waals surface area contributed by atoms with E-state index in [9.17, 15) is 8.42 Å². The molecule has 0 aromatic heterocycles. The second-order valence-electron chi connectivity index (χ2n) is 4.34. The summed E-state index contributed by atoms with van der Waals surface area (Å²) >= 11 is 4.82. The van der Waals surface area contributed by atoms with Crippen LogP contribution in [0.1, 0.15) is 12.8 Å². The van der Waals surface area contributed by atoms with Gasteiger partial charge < -0.3 is 10.5 Å². The summed E-state index contributed by atoms with van der Waals surface area (Å²) in [4.78, 5) is 0.228. The minimum Gasteiger partial charge on any atom is -0.391 e. The quantitative estimate of drug-likeness (QED) is 0.707. The zero-order valence-corrected chi connectivity index (χ0v) is 10.6. The van der Waals surface area contributed by atoms with Crippen molar-refractivity contribution in [2.24, 2.45) is 11.7 Å². The number of nitrogens with two attached hydrogens (primary N) is 1. The summed E-state index contributed by atoms with van der Waals surface area (Å²) in [6, 6.07) is 0. The van der Waals surface area contributed by atoms with E-state index in [0.29, 0.717) is 19.1 Å². The number of thiocarbonyl (C=S) groups is 1. The van der Waals surface area contributed by atoms with Crippen LogP contribution in [0, 0.1) is 5.92 Å². The van der Waals surface area contributed by atoms with Gasteiger partial charge in [0.25, 0.3) is 0 Å². The Morgan fingerprint density at radius 3 is 2.75 bits per heavy atom. The maximum Gasteiger partial charge on any atom is 0.214 e. The van der Waals surface area contributed by atoms with Gasteiger partial charge in [-0.05, 0) is 18.8 Å². The molecule has 0 amide bonds. The van der Waals surface area contributed by atoms with Gasteiger partial charge in [-0.25, -0.2) is 8.42 Å². The highest BCUT2D eigenvalue weighted by Crippen LogP contribution is 2.31. The number of morpholine rings is 1. The Labute approximate surface area is 101 Å². The van der Waals surface area contributed by atoms with Crippen molar-refractivity contribution < 1.29 is 13.2 Å². The zero-order valence-electron chi connectivity index (χ0n) is 8.96. The van der Waals surface area contributed by atoms with Crippen LogP contribution in [0.15, 0.2) is 0 Å². The molecule has 1 heterocycles. The fraction of sp³-hybridized carbons (Fsp3) is 0.889. The number of hydrogen-bond acceptors (Lipinski definition) is 4. The van der Waals surface area contributed by atoms with Gasteiger partial charge in [-0.15, -0.1) is 0 Å². The van der Waals surface area contributed by atoms with Gasteiger partial charge in [0.1, 0.15) is 11.1 Å². The average molecular weight is 264 g/mol. The number of sulfonamides is 1. The first-order valence-electron chi connectivity index (χ1n) is 5.38. The van der Waals surface area contributed by atoms with Crippen LogP contribution in [-0.4, -0.2) is 49.3 Å². The normalized spacial score (nSPS) is 27.9. The highest BCUT2D eigenvalue weighted by atomic mass is 32.2. The molecule has 1 saturated carbocycles. The lowest BCUT2D eigenvalue weighted by Crippen LogP contribution is -2.50. The van der Waals surface area contributed by atoms with Crippen LogP contribution in [0.5, 0.6) is 0 Å². The molecular formula is C9H16N2O3S2. The molecule has 7 heteroatoms. The Balaban J connectivity index is 1.99. The Kier molecular flexibility index (Phi) is 3.48. The van der Waals surface area contributed by atoms with Gasteiger partial charge in [-0.3, -0.25) is 0 Å². The van der Waals surface area contributed by atoms with Crippen molar-refractivity contribution in [1.29, 1.82) is 0 Å². The third-order valence-corrected chi connectivity index (χ3v) is 5.16. The van der Waals surface area contributed by atoms with Crippen molar-refractivity contribution in [3.05, 3.63) is 0 Å². The van der Waals surface area contributed by atoms with E-state index in [-0.39, 0.29) is 17.3 Å². The molecule has 16 heavy (non-hydrogen) atoms. The van der Waals surface area contributed by atoms with Crippen molar-refractivity contribution >= 4 is 27.2 Å². The minimum atomic E-state index is -3.15. The average Bonchev–Trinajstić information content (AvgIpc) is 3.01. The molecule has 2 N–H and O–H groups in total. The van der Waals surface area contributed by atoms with E-state index in [1.165, 1.54) is 4.31 Å². The molecular weight excluding hydrogens is 248 g/mol. The first-order chi connectivity index (χ1) is 7.49. The molecule has 1 atom stereocenters.